The number of aromatic amines is 1. The van der Waals surface area contributed by atoms with E-state index in [1.54, 1.807) is 18.9 Å². The number of H-pyrrole nitrogens is 1. The number of benzene rings is 3. The number of methoxy groups -OCH3 is 1. The minimum absolute atomic E-state index is 0.000358. The van der Waals surface area contributed by atoms with Gasteiger partial charge in [0.15, 0.2) is 28.5 Å². The molecule has 0 radical (unpaired) electrons. The Morgan fingerprint density at radius 1 is 1.11 bits per heavy atom. The summed E-state index contributed by atoms with van der Waals surface area (Å²) in [6, 6.07) is 8.47. The number of likely N-dealkylation sites (N-methyl/N-ethyl adjacent to an activating group) is 1. The molecule has 4 aromatic rings. The Labute approximate surface area is 328 Å². The number of esters is 2. The molecule has 3 aromatic carbocycles. The maximum Gasteiger partial charge on any atom is 0.333 e. The van der Waals surface area contributed by atoms with Gasteiger partial charge in [-0.15, -0.1) is 11.8 Å². The van der Waals surface area contributed by atoms with Gasteiger partial charge in [-0.2, -0.15) is 0 Å². The second-order valence-electron chi connectivity index (χ2n) is 16.5. The number of hydrogen-bond acceptors (Lipinski definition) is 13. The molecule has 8 atom stereocenters. The number of aromatic hydroxyl groups is 1. The van der Waals surface area contributed by atoms with Crippen LogP contribution in [0.4, 0.5) is 0 Å². The zero-order chi connectivity index (χ0) is 39.0. The largest absolute Gasteiger partial charge is 0.504 e. The van der Waals surface area contributed by atoms with Crippen LogP contribution in [0.2, 0.25) is 0 Å². The number of carbonyl (C=O) groups is 2. The Morgan fingerprint density at radius 2 is 1.89 bits per heavy atom. The maximum absolute atomic E-state index is 15.1. The topological polar surface area (TPSA) is 155 Å². The van der Waals surface area contributed by atoms with Crippen molar-refractivity contribution in [2.45, 2.75) is 81.0 Å². The second-order valence-corrected chi connectivity index (χ2v) is 17.7. The molecular formula is C42H46N4O9S. The van der Waals surface area contributed by atoms with Crippen molar-refractivity contribution in [1.82, 2.24) is 20.1 Å². The zero-order valence-corrected chi connectivity index (χ0v) is 33.1. The number of thioether (sulfide) groups is 1. The summed E-state index contributed by atoms with van der Waals surface area (Å²) in [4.78, 5) is 36.5. The molecule has 12 rings (SSSR count). The van der Waals surface area contributed by atoms with Gasteiger partial charge in [0.1, 0.15) is 12.4 Å². The number of ether oxygens (including phenoxy) is 5. The molecule has 0 aliphatic carbocycles. The van der Waals surface area contributed by atoms with Gasteiger partial charge in [0, 0.05) is 70.0 Å². The quantitative estimate of drug-likeness (QED) is 0.169. The molecule has 1 aromatic heterocycles. The molecule has 0 amide bonds. The van der Waals surface area contributed by atoms with Crippen molar-refractivity contribution in [2.24, 2.45) is 0 Å². The number of rotatable bonds is 3. The van der Waals surface area contributed by atoms with Gasteiger partial charge >= 0.3 is 11.9 Å². The van der Waals surface area contributed by atoms with E-state index < -0.39 is 40.4 Å². The molecule has 4 bridgehead atoms. The molecule has 56 heavy (non-hydrogen) atoms. The predicted molar refractivity (Wildman–Crippen MR) is 208 cm³/mol. The normalized spacial score (nSPS) is 31.3. The average molecular weight is 783 g/mol. The molecule has 0 saturated carbocycles. The van der Waals surface area contributed by atoms with Crippen molar-refractivity contribution >= 4 is 34.6 Å². The molecule has 4 N–H and O–H groups in total. The lowest BCUT2D eigenvalue weighted by molar-refractivity contribution is -0.160. The summed E-state index contributed by atoms with van der Waals surface area (Å²) in [5, 5.41) is 27.0. The maximum atomic E-state index is 15.1. The van der Waals surface area contributed by atoms with Crippen LogP contribution in [0.3, 0.4) is 0 Å². The highest BCUT2D eigenvalue weighted by molar-refractivity contribution is 7.99. The number of aryl methyl sites for hydroxylation is 1. The first-order valence-electron chi connectivity index (χ1n) is 19.2. The van der Waals surface area contributed by atoms with Crippen LogP contribution in [0.25, 0.3) is 10.9 Å². The Kier molecular flexibility index (Phi) is 8.02. The highest BCUT2D eigenvalue weighted by Crippen LogP contribution is 2.65. The zero-order valence-electron chi connectivity index (χ0n) is 32.3. The first-order chi connectivity index (χ1) is 26.9. The molecule has 2 fully saturated rings. The molecular weight excluding hydrogens is 737 g/mol. The Bertz CT molecular complexity index is 2360. The van der Waals surface area contributed by atoms with Gasteiger partial charge in [0.05, 0.1) is 36.7 Å². The summed E-state index contributed by atoms with van der Waals surface area (Å²) in [5.74, 6) is 1.35. The highest BCUT2D eigenvalue weighted by Gasteiger charge is 2.63. The standard InChI is InChI=1S/C42H46N4O9S/c1-19-11-22-13-41(4)16-45(5)31(28(22)33(49)34(19)51-6)32-38-30-29(37-36(53-18-54-37)20(2)35(30)55-21(3)48)27(46(32)41)15-52-40(50)42(17-56-38)39-25(12-23(14-47)44-42)24-9-7-8-10-26(24)43-39/h7-11,23,27,31-32,38,43-44,47,49H,12-18H2,1-6H3/t23-,27+,31-,32-,38-,41?,42-/m1/s1. The van der Waals surface area contributed by atoms with E-state index in [1.165, 1.54) is 6.92 Å². The number of fused-ring (bicyclic) bond motifs is 8. The Balaban J connectivity index is 1.26. The Morgan fingerprint density at radius 3 is 2.66 bits per heavy atom. The Hall–Kier alpha value is -4.47. The molecule has 13 nitrogen and oxygen atoms in total. The van der Waals surface area contributed by atoms with Crippen molar-refractivity contribution in [3.05, 3.63) is 75.0 Å². The van der Waals surface area contributed by atoms with E-state index in [0.29, 0.717) is 47.9 Å². The molecule has 2 saturated heterocycles. The number of phenols is 1. The summed E-state index contributed by atoms with van der Waals surface area (Å²) in [5.41, 5.74) is 5.64. The predicted octanol–water partition coefficient (Wildman–Crippen LogP) is 4.61. The van der Waals surface area contributed by atoms with Gasteiger partial charge in [0.25, 0.3) is 0 Å². The van der Waals surface area contributed by atoms with E-state index in [-0.39, 0.29) is 43.6 Å². The van der Waals surface area contributed by atoms with E-state index in [0.717, 1.165) is 50.0 Å². The van der Waals surface area contributed by atoms with Crippen molar-refractivity contribution in [3.63, 3.8) is 0 Å². The number of phenolic OH excluding ortho intramolecular Hbond substituents is 1. The third-order valence-corrected chi connectivity index (χ3v) is 14.6. The lowest BCUT2D eigenvalue weighted by Crippen LogP contribution is -2.69. The summed E-state index contributed by atoms with van der Waals surface area (Å²) in [7, 11) is 3.68. The summed E-state index contributed by atoms with van der Waals surface area (Å²) >= 11 is 1.59. The molecule has 8 aliphatic heterocycles. The fourth-order valence-electron chi connectivity index (χ4n) is 11.2. The van der Waals surface area contributed by atoms with Crippen molar-refractivity contribution in [1.29, 1.82) is 0 Å². The molecule has 9 heterocycles. The second kappa shape index (κ2) is 12.5. The van der Waals surface area contributed by atoms with Gasteiger partial charge in [-0.25, -0.2) is 4.79 Å². The number of piperazine rings is 1. The van der Waals surface area contributed by atoms with E-state index in [9.17, 15) is 15.0 Å². The first kappa shape index (κ1) is 35.9. The third kappa shape index (κ3) is 4.76. The van der Waals surface area contributed by atoms with Crippen molar-refractivity contribution in [2.75, 3.05) is 46.5 Å². The molecule has 14 heteroatoms. The number of aromatic nitrogens is 1. The number of carbonyl (C=O) groups excluding carboxylic acids is 2. The average Bonchev–Trinajstić information content (AvgIpc) is 3.76. The summed E-state index contributed by atoms with van der Waals surface area (Å²) in [6.07, 6.45) is 1.14. The minimum Gasteiger partial charge on any atom is -0.504 e. The smallest absolute Gasteiger partial charge is 0.333 e. The molecule has 294 valence electrons. The van der Waals surface area contributed by atoms with Crippen molar-refractivity contribution < 1.29 is 43.5 Å². The van der Waals surface area contributed by atoms with Gasteiger partial charge in [-0.1, -0.05) is 24.3 Å². The van der Waals surface area contributed by atoms with Crippen molar-refractivity contribution in [3.8, 4) is 28.7 Å². The van der Waals surface area contributed by atoms with Crippen LogP contribution in [0.15, 0.2) is 30.3 Å². The van der Waals surface area contributed by atoms with Crippen LogP contribution >= 0.6 is 11.8 Å². The number of aliphatic hydroxyl groups is 1. The fourth-order valence-corrected chi connectivity index (χ4v) is 12.9. The number of nitrogens with zero attached hydrogens (tertiary/aromatic N) is 2. The van der Waals surface area contributed by atoms with E-state index >= 15 is 4.79 Å². The lowest BCUT2D eigenvalue weighted by atomic mass is 9.76. The monoisotopic (exact) mass is 782 g/mol. The van der Waals surface area contributed by atoms with Crippen LogP contribution < -0.4 is 24.3 Å². The number of hydrogen-bond donors (Lipinski definition) is 4. The van der Waals surface area contributed by atoms with Crippen LogP contribution in [-0.4, -0.2) is 101 Å². The molecule has 2 unspecified atom stereocenters. The van der Waals surface area contributed by atoms with E-state index in [1.807, 2.05) is 38.1 Å². The van der Waals surface area contributed by atoms with Gasteiger partial charge in [-0.05, 0) is 63.4 Å². The third-order valence-electron chi connectivity index (χ3n) is 13.1. The lowest BCUT2D eigenvalue weighted by Gasteiger charge is -2.61. The van der Waals surface area contributed by atoms with Crippen LogP contribution in [0, 0.1) is 13.8 Å². The van der Waals surface area contributed by atoms with E-state index in [4.69, 9.17) is 23.7 Å². The van der Waals surface area contributed by atoms with Crippen LogP contribution in [-0.2, 0) is 32.7 Å². The molecule has 8 aliphatic rings. The number of para-hydroxylation sites is 1. The molecule has 1 spiro atoms. The number of nitrogens with one attached hydrogen (secondary N) is 2. The minimum atomic E-state index is -1.36. The van der Waals surface area contributed by atoms with Gasteiger partial charge in [-0.3, -0.25) is 19.9 Å². The summed E-state index contributed by atoms with van der Waals surface area (Å²) < 4.78 is 31.1. The highest BCUT2D eigenvalue weighted by atomic mass is 32.2. The SMILES string of the molecule is COc1c(C)cc2c(c1O)[C@@H]1[C@@H]3[C@@H]4SC[C@]5(N[C@@H](CO)Cc6c5[nH]c5ccccc65)C(=O)OC[C@@H](c5c6c(c(C)c(OC(C)=O)c54)OCO6)N3C(C)(C2)CN1C. The van der Waals surface area contributed by atoms with Gasteiger partial charge in [0.2, 0.25) is 6.79 Å². The summed E-state index contributed by atoms with van der Waals surface area (Å²) in [6.45, 7) is 7.92. The number of aliphatic hydroxyl groups excluding tert-OH is 1. The van der Waals surface area contributed by atoms with Gasteiger partial charge < -0.3 is 38.9 Å². The van der Waals surface area contributed by atoms with Crippen LogP contribution in [0.1, 0.15) is 75.8 Å². The first-order valence-corrected chi connectivity index (χ1v) is 20.3. The fraction of sp³-hybridized carbons (Fsp3) is 0.476. The van der Waals surface area contributed by atoms with E-state index in [2.05, 4.69) is 40.1 Å². The van der Waals surface area contributed by atoms with Crippen LogP contribution in [0.5, 0.6) is 28.7 Å².